The van der Waals surface area contributed by atoms with Crippen molar-refractivity contribution in [2.45, 2.75) is 48.5 Å². The first-order chi connectivity index (χ1) is 4.48. The van der Waals surface area contributed by atoms with E-state index >= 15 is 0 Å². The molecule has 0 aromatic rings. The normalized spacial score (nSPS) is 12.1. The molecule has 0 amide bonds. The molecule has 0 aliphatic carbocycles. The largest absolute Gasteiger partial charge is 0.0882 e. The first-order valence-electron chi connectivity index (χ1n) is 4.12. The Morgan fingerprint density at radius 2 is 1.40 bits per heavy atom. The number of rotatable bonds is 0. The zero-order valence-corrected chi connectivity index (χ0v) is 8.58. The lowest BCUT2D eigenvalue weighted by molar-refractivity contribution is 0.503. The van der Waals surface area contributed by atoms with Crippen molar-refractivity contribution in [2.24, 2.45) is 5.41 Å². The summed E-state index contributed by atoms with van der Waals surface area (Å²) in [6.07, 6.45) is 2.17. The Balaban J connectivity index is 0. The Morgan fingerprint density at radius 3 is 1.40 bits per heavy atom. The Morgan fingerprint density at radius 1 is 1.10 bits per heavy atom. The van der Waals surface area contributed by atoms with Crippen molar-refractivity contribution in [2.75, 3.05) is 0 Å². The summed E-state index contributed by atoms with van der Waals surface area (Å²) in [5.41, 5.74) is 1.83. The molecular weight excluding hydrogens is 120 g/mol. The van der Waals surface area contributed by atoms with Crippen LogP contribution in [0.1, 0.15) is 48.5 Å². The van der Waals surface area contributed by atoms with Crippen molar-refractivity contribution in [3.8, 4) is 0 Å². The highest BCUT2D eigenvalue weighted by atomic mass is 14.1. The average molecular weight is 142 g/mol. The molecule has 0 radical (unpaired) electrons. The van der Waals surface area contributed by atoms with Crippen LogP contribution in [0.25, 0.3) is 0 Å². The number of allylic oxidation sites excluding steroid dienone is 2. The molecular formula is C10H22. The molecule has 0 atom stereocenters. The summed E-state index contributed by atoms with van der Waals surface area (Å²) < 4.78 is 0. The van der Waals surface area contributed by atoms with Crippen LogP contribution in [0.15, 0.2) is 11.6 Å². The lowest BCUT2D eigenvalue weighted by atomic mass is 9.88. The van der Waals surface area contributed by atoms with E-state index in [0.29, 0.717) is 5.41 Å². The molecule has 0 saturated carbocycles. The third-order valence-corrected chi connectivity index (χ3v) is 1.62. The van der Waals surface area contributed by atoms with Gasteiger partial charge in [-0.2, -0.15) is 0 Å². The summed E-state index contributed by atoms with van der Waals surface area (Å²) in [5, 5.41) is 0. The zero-order valence-electron chi connectivity index (χ0n) is 8.58. The molecule has 0 heterocycles. The molecule has 0 aromatic carbocycles. The third kappa shape index (κ3) is 5.87. The van der Waals surface area contributed by atoms with E-state index in [-0.39, 0.29) is 0 Å². The van der Waals surface area contributed by atoms with Crippen molar-refractivity contribution in [1.82, 2.24) is 0 Å². The van der Waals surface area contributed by atoms with Crippen LogP contribution in [0.3, 0.4) is 0 Å². The van der Waals surface area contributed by atoms with Crippen molar-refractivity contribution >= 4 is 0 Å². The van der Waals surface area contributed by atoms with Crippen LogP contribution < -0.4 is 0 Å². The van der Waals surface area contributed by atoms with Gasteiger partial charge in [-0.15, -0.1) is 0 Å². The summed E-state index contributed by atoms with van der Waals surface area (Å²) in [7, 11) is 0. The topological polar surface area (TPSA) is 0 Å². The standard InChI is InChI=1S/C8H16.C2H6/c1-6-7(2)8(3,4)5;1-2/h6H,1-5H3;1-2H3/b7-6+;. The van der Waals surface area contributed by atoms with E-state index in [4.69, 9.17) is 0 Å². The predicted molar refractivity (Wildman–Crippen MR) is 50.2 cm³/mol. The van der Waals surface area contributed by atoms with Gasteiger partial charge in [-0.3, -0.25) is 0 Å². The monoisotopic (exact) mass is 142 g/mol. The van der Waals surface area contributed by atoms with Crippen molar-refractivity contribution in [1.29, 1.82) is 0 Å². The predicted octanol–water partition coefficient (Wildman–Crippen LogP) is 4.02. The summed E-state index contributed by atoms with van der Waals surface area (Å²) >= 11 is 0. The molecule has 0 aromatic heterocycles. The van der Waals surface area contributed by atoms with Gasteiger partial charge in [-0.05, 0) is 19.3 Å². The van der Waals surface area contributed by atoms with E-state index in [1.54, 1.807) is 0 Å². The highest BCUT2D eigenvalue weighted by Crippen LogP contribution is 2.23. The van der Waals surface area contributed by atoms with Gasteiger partial charge in [0.15, 0.2) is 0 Å². The lowest BCUT2D eigenvalue weighted by Gasteiger charge is -2.18. The number of hydrogen-bond acceptors (Lipinski definition) is 0. The maximum atomic E-state index is 2.22. The molecule has 0 bridgehead atoms. The van der Waals surface area contributed by atoms with Crippen LogP contribution in [0.5, 0.6) is 0 Å². The van der Waals surface area contributed by atoms with Gasteiger partial charge in [0.05, 0.1) is 0 Å². The van der Waals surface area contributed by atoms with Gasteiger partial charge in [0.2, 0.25) is 0 Å². The van der Waals surface area contributed by atoms with Gasteiger partial charge in [0.25, 0.3) is 0 Å². The van der Waals surface area contributed by atoms with Crippen molar-refractivity contribution < 1.29 is 0 Å². The fraction of sp³-hybridized carbons (Fsp3) is 0.800. The summed E-state index contributed by atoms with van der Waals surface area (Å²) in [4.78, 5) is 0. The second kappa shape index (κ2) is 5.52. The van der Waals surface area contributed by atoms with Gasteiger partial charge < -0.3 is 0 Å². The van der Waals surface area contributed by atoms with E-state index in [0.717, 1.165) is 0 Å². The van der Waals surface area contributed by atoms with Crippen LogP contribution in [-0.4, -0.2) is 0 Å². The first kappa shape index (κ1) is 12.4. The maximum absolute atomic E-state index is 2.22. The second-order valence-electron chi connectivity index (χ2n) is 3.22. The van der Waals surface area contributed by atoms with Crippen LogP contribution in [0.4, 0.5) is 0 Å². The molecule has 0 aliphatic heterocycles. The fourth-order valence-electron chi connectivity index (χ4n) is 0.433. The molecule has 0 saturated heterocycles. The molecule has 0 N–H and O–H groups in total. The first-order valence-corrected chi connectivity index (χ1v) is 4.12. The SMILES string of the molecule is C/C=C(\C)C(C)(C)C.CC. The fourth-order valence-corrected chi connectivity index (χ4v) is 0.433. The zero-order chi connectivity index (χ0) is 8.78. The van der Waals surface area contributed by atoms with Crippen LogP contribution in [0, 0.1) is 5.41 Å². The van der Waals surface area contributed by atoms with E-state index in [9.17, 15) is 0 Å². The quantitative estimate of drug-likeness (QED) is 0.448. The van der Waals surface area contributed by atoms with Crippen LogP contribution >= 0.6 is 0 Å². The highest BCUT2D eigenvalue weighted by molar-refractivity contribution is 5.05. The van der Waals surface area contributed by atoms with Crippen LogP contribution in [-0.2, 0) is 0 Å². The summed E-state index contributed by atoms with van der Waals surface area (Å²) in [6.45, 7) is 14.9. The third-order valence-electron chi connectivity index (χ3n) is 1.62. The molecule has 62 valence electrons. The number of hydrogen-bond donors (Lipinski definition) is 0. The molecule has 0 nitrogen and oxygen atoms in total. The van der Waals surface area contributed by atoms with Gasteiger partial charge in [-0.25, -0.2) is 0 Å². The van der Waals surface area contributed by atoms with Gasteiger partial charge in [0.1, 0.15) is 0 Å². The Kier molecular flexibility index (Phi) is 6.85. The van der Waals surface area contributed by atoms with Crippen molar-refractivity contribution in [3.63, 3.8) is 0 Å². The minimum atomic E-state index is 0.370. The minimum absolute atomic E-state index is 0.370. The van der Waals surface area contributed by atoms with E-state index < -0.39 is 0 Å². The van der Waals surface area contributed by atoms with Gasteiger partial charge >= 0.3 is 0 Å². The van der Waals surface area contributed by atoms with Crippen molar-refractivity contribution in [3.05, 3.63) is 11.6 Å². The van der Waals surface area contributed by atoms with Gasteiger partial charge in [-0.1, -0.05) is 46.3 Å². The Bertz CT molecular complexity index is 91.1. The van der Waals surface area contributed by atoms with E-state index in [1.165, 1.54) is 5.57 Å². The molecule has 0 rings (SSSR count). The minimum Gasteiger partial charge on any atom is -0.0882 e. The highest BCUT2D eigenvalue weighted by Gasteiger charge is 2.09. The van der Waals surface area contributed by atoms with Crippen LogP contribution in [0.2, 0.25) is 0 Å². The molecule has 0 aliphatic rings. The van der Waals surface area contributed by atoms with E-state index in [1.807, 2.05) is 13.8 Å². The van der Waals surface area contributed by atoms with Gasteiger partial charge in [0, 0.05) is 0 Å². The molecule has 10 heavy (non-hydrogen) atoms. The molecule has 0 fully saturated rings. The molecule has 0 unspecified atom stereocenters. The average Bonchev–Trinajstić information content (AvgIpc) is 1.89. The Hall–Kier alpha value is -0.260. The molecule has 0 heteroatoms. The van der Waals surface area contributed by atoms with E-state index in [2.05, 4.69) is 40.7 Å². The smallest absolute Gasteiger partial charge is 0.0176 e. The second-order valence-corrected chi connectivity index (χ2v) is 3.22. The maximum Gasteiger partial charge on any atom is -0.0176 e. The Labute approximate surface area is 66.3 Å². The lowest BCUT2D eigenvalue weighted by Crippen LogP contribution is -2.05. The molecule has 0 spiro atoms. The summed E-state index contributed by atoms with van der Waals surface area (Å²) in [6, 6.07) is 0. The summed E-state index contributed by atoms with van der Waals surface area (Å²) in [5.74, 6) is 0.